The van der Waals surface area contributed by atoms with E-state index in [4.69, 9.17) is 14.2 Å². The number of fused-ring (bicyclic) bond motifs is 2. The zero-order chi connectivity index (χ0) is 19.5. The van der Waals surface area contributed by atoms with Crippen LogP contribution in [-0.2, 0) is 14.9 Å². The first-order valence-electron chi connectivity index (χ1n) is 10.8. The number of rotatable bonds is 2. The minimum Gasteiger partial charge on any atom is -0.493 e. The number of anilines is 1. The molecule has 3 saturated heterocycles. The Balaban J connectivity index is 0.00000102. The van der Waals surface area contributed by atoms with Crippen LogP contribution in [0.3, 0.4) is 0 Å². The predicted octanol–water partition coefficient (Wildman–Crippen LogP) is 0.460. The Morgan fingerprint density at radius 2 is 1.94 bits per heavy atom. The number of hydrogen-bond donors (Lipinski definition) is 0. The number of methoxy groups -OCH3 is 2. The predicted molar refractivity (Wildman–Crippen MR) is 114 cm³/mol. The summed E-state index contributed by atoms with van der Waals surface area (Å²) in [5, 5.41) is 0. The Bertz CT molecular complexity index is 979. The van der Waals surface area contributed by atoms with E-state index in [1.165, 1.54) is 12.0 Å². The molecule has 5 heterocycles. The van der Waals surface area contributed by atoms with Gasteiger partial charge in [0, 0.05) is 30.0 Å². The van der Waals surface area contributed by atoms with Gasteiger partial charge in [0.25, 0.3) is 0 Å². The van der Waals surface area contributed by atoms with Crippen LogP contribution in [0.2, 0.25) is 0 Å². The minimum atomic E-state index is -0.0242. The first-order chi connectivity index (χ1) is 14.2. The number of nitrogens with zero attached hydrogens (tertiary/aromatic N) is 2. The molecule has 2 bridgehead atoms. The van der Waals surface area contributed by atoms with Gasteiger partial charge in [0.2, 0.25) is 5.91 Å². The molecule has 6 atom stereocenters. The van der Waals surface area contributed by atoms with E-state index in [1.807, 2.05) is 6.07 Å². The molecule has 1 aromatic rings. The molecular formula is C23H30N2O6. The van der Waals surface area contributed by atoms with E-state index in [9.17, 15) is 4.79 Å². The number of amides is 1. The fourth-order valence-corrected chi connectivity index (χ4v) is 7.87. The summed E-state index contributed by atoms with van der Waals surface area (Å²) in [7, 11) is 3.36. The zero-order valence-corrected chi connectivity index (χ0v) is 17.9. The topological polar surface area (TPSA) is 114 Å². The molecule has 31 heavy (non-hydrogen) atoms. The minimum absolute atomic E-state index is 0. The van der Waals surface area contributed by atoms with Crippen LogP contribution >= 0.6 is 0 Å². The average Bonchev–Trinajstić information content (AvgIpc) is 3.20. The van der Waals surface area contributed by atoms with Gasteiger partial charge in [0.05, 0.1) is 45.1 Å². The van der Waals surface area contributed by atoms with Gasteiger partial charge in [-0.25, -0.2) is 0 Å². The van der Waals surface area contributed by atoms with Gasteiger partial charge in [0.1, 0.15) is 0 Å². The van der Waals surface area contributed by atoms with Crippen molar-refractivity contribution in [3.8, 4) is 11.5 Å². The Morgan fingerprint density at radius 1 is 1.16 bits per heavy atom. The maximum absolute atomic E-state index is 13.5. The lowest BCUT2D eigenvalue weighted by molar-refractivity contribution is -0.132. The SMILES string of the molecule is COc1cc2c(cc1OC)[C@]13CCN4CC5=CCO[C@H]6CC(=O)N2[C@@H]1[C@H]6[C@@H]5C[C@@H]43.O.O. The Morgan fingerprint density at radius 3 is 2.71 bits per heavy atom. The molecule has 8 nitrogen and oxygen atoms in total. The maximum Gasteiger partial charge on any atom is 0.229 e. The van der Waals surface area contributed by atoms with Crippen molar-refractivity contribution in [2.24, 2.45) is 11.8 Å². The van der Waals surface area contributed by atoms with Crippen LogP contribution in [-0.4, -0.2) is 73.9 Å². The maximum atomic E-state index is 13.5. The normalized spacial score (nSPS) is 38.4. The van der Waals surface area contributed by atoms with Crippen molar-refractivity contribution in [3.05, 3.63) is 29.3 Å². The largest absolute Gasteiger partial charge is 0.493 e. The standard InChI is InChI=1S/C23H26N2O4.2H2O/c1-27-16-8-14-15(9-17(16)28-2)25-20(26)10-18-21-13-7-19-23(14,22(21)25)4-5-24(19)11-12(13)3-6-29-18;;/h3,8-9,13,18-19,21-22H,4-7,10-11H2,1-2H3;2*1H2/t13-,18+,19-,21+,22-,23+;;/m1../s1. The molecule has 1 amide bonds. The van der Waals surface area contributed by atoms with Crippen molar-refractivity contribution in [1.29, 1.82) is 0 Å². The zero-order valence-electron chi connectivity index (χ0n) is 17.9. The Hall–Kier alpha value is -2.13. The van der Waals surface area contributed by atoms with E-state index < -0.39 is 0 Å². The van der Waals surface area contributed by atoms with Crippen LogP contribution < -0.4 is 14.4 Å². The number of benzene rings is 1. The van der Waals surface area contributed by atoms with Gasteiger partial charge in [-0.15, -0.1) is 0 Å². The van der Waals surface area contributed by atoms with Gasteiger partial charge in [-0.3, -0.25) is 9.69 Å². The molecule has 1 aliphatic carbocycles. The second kappa shape index (κ2) is 6.68. The van der Waals surface area contributed by atoms with Crippen molar-refractivity contribution >= 4 is 11.6 Å². The summed E-state index contributed by atoms with van der Waals surface area (Å²) in [5.41, 5.74) is 3.85. The van der Waals surface area contributed by atoms with Gasteiger partial charge in [-0.1, -0.05) is 11.6 Å². The van der Waals surface area contributed by atoms with Crippen LogP contribution in [0.1, 0.15) is 24.8 Å². The lowest BCUT2D eigenvalue weighted by Crippen LogP contribution is -2.69. The van der Waals surface area contributed by atoms with E-state index in [1.54, 1.807) is 19.8 Å². The molecule has 8 heteroatoms. The molecule has 0 aromatic heterocycles. The third kappa shape index (κ3) is 2.21. The van der Waals surface area contributed by atoms with E-state index in [-0.39, 0.29) is 34.4 Å². The summed E-state index contributed by atoms with van der Waals surface area (Å²) in [4.78, 5) is 18.3. The molecule has 5 aliphatic heterocycles. The summed E-state index contributed by atoms with van der Waals surface area (Å²) in [6.07, 6.45) is 5.11. The third-order valence-corrected chi connectivity index (χ3v) is 8.81. The highest BCUT2D eigenvalue weighted by molar-refractivity contribution is 5.99. The molecule has 1 saturated carbocycles. The molecule has 4 fully saturated rings. The van der Waals surface area contributed by atoms with Gasteiger partial charge >= 0.3 is 0 Å². The second-order valence-corrected chi connectivity index (χ2v) is 9.48. The van der Waals surface area contributed by atoms with E-state index in [0.29, 0.717) is 36.7 Å². The number of carbonyl (C=O) groups is 1. The first kappa shape index (κ1) is 20.8. The summed E-state index contributed by atoms with van der Waals surface area (Å²) >= 11 is 0. The lowest BCUT2D eigenvalue weighted by atomic mass is 9.53. The van der Waals surface area contributed by atoms with Crippen LogP contribution in [0.4, 0.5) is 5.69 Å². The highest BCUT2D eigenvalue weighted by atomic mass is 16.5. The second-order valence-electron chi connectivity index (χ2n) is 9.48. The fraction of sp³-hybridized carbons (Fsp3) is 0.609. The van der Waals surface area contributed by atoms with Crippen molar-refractivity contribution < 1.29 is 30.0 Å². The van der Waals surface area contributed by atoms with Gasteiger partial charge in [-0.05, 0) is 36.9 Å². The lowest BCUT2D eigenvalue weighted by Gasteiger charge is -2.58. The molecule has 0 radical (unpaired) electrons. The van der Waals surface area contributed by atoms with Gasteiger partial charge < -0.3 is 30.1 Å². The number of hydrogen-bond acceptors (Lipinski definition) is 5. The van der Waals surface area contributed by atoms with Crippen molar-refractivity contribution in [1.82, 2.24) is 4.90 Å². The summed E-state index contributed by atoms with van der Waals surface area (Å²) in [6, 6.07) is 4.87. The third-order valence-electron chi connectivity index (χ3n) is 8.81. The van der Waals surface area contributed by atoms with Gasteiger partial charge in [0.15, 0.2) is 11.5 Å². The summed E-state index contributed by atoms with van der Waals surface area (Å²) < 4.78 is 17.6. The first-order valence-corrected chi connectivity index (χ1v) is 10.8. The Kier molecular flexibility index (Phi) is 4.47. The average molecular weight is 431 g/mol. The van der Waals surface area contributed by atoms with Crippen LogP contribution in [0, 0.1) is 11.8 Å². The highest BCUT2D eigenvalue weighted by Gasteiger charge is 2.71. The monoisotopic (exact) mass is 430 g/mol. The van der Waals surface area contributed by atoms with Crippen LogP contribution in [0.25, 0.3) is 0 Å². The van der Waals surface area contributed by atoms with E-state index >= 15 is 0 Å². The number of carbonyl (C=O) groups excluding carboxylic acids is 1. The summed E-state index contributed by atoms with van der Waals surface area (Å²) in [5.74, 6) is 2.57. The smallest absolute Gasteiger partial charge is 0.229 e. The van der Waals surface area contributed by atoms with E-state index in [0.717, 1.165) is 30.9 Å². The molecule has 168 valence electrons. The van der Waals surface area contributed by atoms with E-state index in [2.05, 4.69) is 21.9 Å². The van der Waals surface area contributed by atoms with Crippen LogP contribution in [0.5, 0.6) is 11.5 Å². The van der Waals surface area contributed by atoms with Crippen LogP contribution in [0.15, 0.2) is 23.8 Å². The Labute approximate surface area is 181 Å². The molecule has 1 aromatic carbocycles. The molecule has 0 unspecified atom stereocenters. The van der Waals surface area contributed by atoms with Crippen molar-refractivity contribution in [2.75, 3.05) is 38.8 Å². The van der Waals surface area contributed by atoms with Gasteiger partial charge in [-0.2, -0.15) is 0 Å². The van der Waals surface area contributed by atoms with Crippen molar-refractivity contribution in [2.45, 2.75) is 42.9 Å². The molecular weight excluding hydrogens is 400 g/mol. The highest BCUT2D eigenvalue weighted by Crippen LogP contribution is 2.66. The molecule has 4 N–H and O–H groups in total. The summed E-state index contributed by atoms with van der Waals surface area (Å²) in [6.45, 7) is 2.80. The fourth-order valence-electron chi connectivity index (χ4n) is 7.87. The quantitative estimate of drug-likeness (QED) is 0.633. The molecule has 7 rings (SSSR count). The molecule has 6 aliphatic rings. The number of piperidine rings is 2. The molecule has 1 spiro atoms. The number of ether oxygens (including phenoxy) is 3. The van der Waals surface area contributed by atoms with Crippen molar-refractivity contribution in [3.63, 3.8) is 0 Å².